The Morgan fingerprint density at radius 1 is 0.737 bits per heavy atom. The highest BCUT2D eigenvalue weighted by molar-refractivity contribution is 6.99. The molecule has 0 radical (unpaired) electrons. The van der Waals surface area contributed by atoms with E-state index in [2.05, 4.69) is 45.0 Å². The van der Waals surface area contributed by atoms with E-state index in [0.717, 1.165) is 15.9 Å². The van der Waals surface area contributed by atoms with Crippen molar-refractivity contribution in [3.8, 4) is 0 Å². The van der Waals surface area contributed by atoms with Gasteiger partial charge in [-0.15, -0.1) is 0 Å². The normalized spacial score (nSPS) is 13.6. The van der Waals surface area contributed by atoms with Gasteiger partial charge in [-0.1, -0.05) is 142 Å². The first-order valence-corrected chi connectivity index (χ1v) is 14.9. The van der Waals surface area contributed by atoms with Crippen LogP contribution in [0.4, 0.5) is 0 Å². The van der Waals surface area contributed by atoms with Gasteiger partial charge in [-0.3, -0.25) is 4.79 Å². The quantitative estimate of drug-likeness (QED) is 0.265. The predicted molar refractivity (Wildman–Crippen MR) is 155 cm³/mol. The number of carbonyl (C=O) groups is 1. The second-order valence-corrected chi connectivity index (χ2v) is 14.8. The highest BCUT2D eigenvalue weighted by Crippen LogP contribution is 2.39. The van der Waals surface area contributed by atoms with Gasteiger partial charge in [0.25, 0.3) is 8.32 Å². The summed E-state index contributed by atoms with van der Waals surface area (Å²) >= 11 is 0. The molecule has 38 heavy (non-hydrogen) atoms. The van der Waals surface area contributed by atoms with Gasteiger partial charge in [-0.2, -0.15) is 0 Å². The van der Waals surface area contributed by atoms with Crippen molar-refractivity contribution >= 4 is 24.5 Å². The molecule has 4 nitrogen and oxygen atoms in total. The lowest BCUT2D eigenvalue weighted by Gasteiger charge is -2.45. The first-order valence-electron chi connectivity index (χ1n) is 13.0. The maximum absolute atomic E-state index is 13.8. The van der Waals surface area contributed by atoms with E-state index in [1.54, 1.807) is 0 Å². The standard InChI is InChI=1S/C33H36O4Si/c1-33(2,3)38(28-20-12-6-13-21-28,29-22-14-7-15-23-29)37-32(31(35)27-18-10-5-11-19-27)30(34)25-36-24-26-16-8-4-9-17-26/h4-23,31-32,35H,24-25H2,1-3H3/t31-,32-/m0/s1. The minimum Gasteiger partial charge on any atom is -0.394 e. The highest BCUT2D eigenvalue weighted by Gasteiger charge is 2.53. The van der Waals surface area contributed by atoms with E-state index >= 15 is 0 Å². The Kier molecular flexibility index (Phi) is 9.08. The number of ketones is 1. The van der Waals surface area contributed by atoms with Crippen molar-refractivity contribution < 1.29 is 19.1 Å². The number of carbonyl (C=O) groups excluding carboxylic acids is 1. The maximum Gasteiger partial charge on any atom is 0.262 e. The number of rotatable bonds is 11. The van der Waals surface area contributed by atoms with E-state index in [1.165, 1.54) is 0 Å². The molecule has 2 atom stereocenters. The Balaban J connectivity index is 1.76. The van der Waals surface area contributed by atoms with Crippen LogP contribution in [0, 0.1) is 0 Å². The predicted octanol–water partition coefficient (Wildman–Crippen LogP) is 5.45. The highest BCUT2D eigenvalue weighted by atomic mass is 28.4. The minimum atomic E-state index is -3.11. The molecular weight excluding hydrogens is 488 g/mol. The van der Waals surface area contributed by atoms with Gasteiger partial charge in [0.1, 0.15) is 18.8 Å². The summed E-state index contributed by atoms with van der Waals surface area (Å²) in [4.78, 5) is 13.8. The van der Waals surface area contributed by atoms with Crippen molar-refractivity contribution in [1.29, 1.82) is 0 Å². The molecule has 0 amide bonds. The zero-order valence-corrected chi connectivity index (χ0v) is 23.3. The molecule has 0 spiro atoms. The molecule has 0 bridgehead atoms. The third-order valence-electron chi connectivity index (χ3n) is 6.82. The van der Waals surface area contributed by atoms with E-state index in [0.29, 0.717) is 12.2 Å². The zero-order valence-electron chi connectivity index (χ0n) is 22.3. The first-order chi connectivity index (χ1) is 18.3. The molecule has 4 rings (SSSR count). The number of hydrogen-bond acceptors (Lipinski definition) is 4. The van der Waals surface area contributed by atoms with Crippen molar-refractivity contribution in [1.82, 2.24) is 0 Å². The Hall–Kier alpha value is -3.35. The molecule has 4 aromatic carbocycles. The van der Waals surface area contributed by atoms with E-state index < -0.39 is 20.5 Å². The van der Waals surface area contributed by atoms with Crippen molar-refractivity contribution in [3.63, 3.8) is 0 Å². The minimum absolute atomic E-state index is 0.165. The topological polar surface area (TPSA) is 55.8 Å². The number of aliphatic hydroxyl groups is 1. The molecule has 0 aliphatic carbocycles. The number of aliphatic hydroxyl groups excluding tert-OH is 1. The second-order valence-electron chi connectivity index (χ2n) is 10.5. The molecule has 0 aliphatic heterocycles. The molecule has 0 fully saturated rings. The summed E-state index contributed by atoms with van der Waals surface area (Å²) in [6.45, 7) is 6.60. The molecular formula is C33H36O4Si. The van der Waals surface area contributed by atoms with E-state index in [4.69, 9.17) is 9.16 Å². The van der Waals surface area contributed by atoms with Gasteiger partial charge in [0, 0.05) is 0 Å². The fourth-order valence-corrected chi connectivity index (χ4v) is 9.59. The lowest BCUT2D eigenvalue weighted by atomic mass is 10.0. The van der Waals surface area contributed by atoms with Crippen LogP contribution in [-0.4, -0.2) is 31.9 Å². The van der Waals surface area contributed by atoms with Crippen LogP contribution in [0.15, 0.2) is 121 Å². The molecule has 4 aromatic rings. The summed E-state index contributed by atoms with van der Waals surface area (Å²) in [5.74, 6) is -0.287. The summed E-state index contributed by atoms with van der Waals surface area (Å²) in [7, 11) is -3.11. The lowest BCUT2D eigenvalue weighted by Crippen LogP contribution is -2.68. The van der Waals surface area contributed by atoms with Crippen LogP contribution in [-0.2, 0) is 20.6 Å². The largest absolute Gasteiger partial charge is 0.394 e. The van der Waals surface area contributed by atoms with E-state index in [1.807, 2.05) is 97.1 Å². The smallest absolute Gasteiger partial charge is 0.262 e. The van der Waals surface area contributed by atoms with Crippen LogP contribution in [0.5, 0.6) is 0 Å². The van der Waals surface area contributed by atoms with E-state index in [9.17, 15) is 9.90 Å². The molecule has 0 aromatic heterocycles. The summed E-state index contributed by atoms with van der Waals surface area (Å²) in [6, 6.07) is 39.3. The molecule has 0 unspecified atom stereocenters. The average molecular weight is 525 g/mol. The van der Waals surface area contributed by atoms with Crippen molar-refractivity contribution in [2.75, 3.05) is 6.61 Å². The Morgan fingerprint density at radius 3 is 1.66 bits per heavy atom. The first kappa shape index (κ1) is 27.7. The molecule has 0 saturated heterocycles. The molecule has 0 aliphatic rings. The van der Waals surface area contributed by atoms with Crippen LogP contribution in [0.2, 0.25) is 5.04 Å². The Bertz CT molecular complexity index is 1230. The van der Waals surface area contributed by atoms with Gasteiger partial charge < -0.3 is 14.3 Å². The molecule has 0 saturated carbocycles. The summed E-state index contributed by atoms with van der Waals surface area (Å²) < 4.78 is 12.9. The summed E-state index contributed by atoms with van der Waals surface area (Å²) in [5.41, 5.74) is 1.61. The third-order valence-corrected chi connectivity index (χ3v) is 11.8. The third kappa shape index (κ3) is 6.20. The van der Waals surface area contributed by atoms with Crippen molar-refractivity contribution in [2.24, 2.45) is 0 Å². The zero-order chi connectivity index (χ0) is 27.0. The fourth-order valence-electron chi connectivity index (χ4n) is 4.94. The molecule has 0 heterocycles. The van der Waals surface area contributed by atoms with Crippen LogP contribution in [0.3, 0.4) is 0 Å². The second kappa shape index (κ2) is 12.5. The number of hydrogen-bond donors (Lipinski definition) is 1. The molecule has 196 valence electrons. The Morgan fingerprint density at radius 2 is 1.18 bits per heavy atom. The van der Waals surface area contributed by atoms with Gasteiger partial charge >= 0.3 is 0 Å². The van der Waals surface area contributed by atoms with E-state index in [-0.39, 0.29) is 17.4 Å². The van der Waals surface area contributed by atoms with Crippen LogP contribution in [0.25, 0.3) is 0 Å². The number of ether oxygens (including phenoxy) is 1. The van der Waals surface area contributed by atoms with Crippen LogP contribution < -0.4 is 10.4 Å². The van der Waals surface area contributed by atoms with Gasteiger partial charge in [0.2, 0.25) is 0 Å². The average Bonchev–Trinajstić information content (AvgIpc) is 2.94. The number of benzene rings is 4. The molecule has 1 N–H and O–H groups in total. The molecule has 5 heteroatoms. The van der Waals surface area contributed by atoms with Gasteiger partial charge in [0.05, 0.1) is 6.61 Å². The van der Waals surface area contributed by atoms with Crippen LogP contribution in [0.1, 0.15) is 38.0 Å². The lowest BCUT2D eigenvalue weighted by molar-refractivity contribution is -0.136. The fraction of sp³-hybridized carbons (Fsp3) is 0.242. The summed E-state index contributed by atoms with van der Waals surface area (Å²) in [6.07, 6.45) is -2.26. The SMILES string of the molecule is CC(C)(C)[Si](O[C@@H](C(=O)COCc1ccccc1)[C@@H](O)c1ccccc1)(c1ccccc1)c1ccccc1. The monoisotopic (exact) mass is 524 g/mol. The summed E-state index contributed by atoms with van der Waals surface area (Å²) in [5, 5.41) is 13.3. The van der Waals surface area contributed by atoms with Crippen molar-refractivity contribution in [2.45, 2.75) is 44.6 Å². The van der Waals surface area contributed by atoms with Gasteiger partial charge in [0.15, 0.2) is 5.78 Å². The number of Topliss-reactive ketones (excluding diaryl/α,β-unsaturated/α-hetero) is 1. The van der Waals surface area contributed by atoms with Crippen molar-refractivity contribution in [3.05, 3.63) is 132 Å². The van der Waals surface area contributed by atoms with Gasteiger partial charge in [-0.05, 0) is 26.5 Å². The van der Waals surface area contributed by atoms with Gasteiger partial charge in [-0.25, -0.2) is 0 Å². The maximum atomic E-state index is 13.8. The van der Waals surface area contributed by atoms with Crippen LogP contribution >= 0.6 is 0 Å². The Labute approximate surface area is 227 Å².